The topological polar surface area (TPSA) is 31.2 Å². The number of hydrogen-bond donors (Lipinski definition) is 0. The normalized spacial score (nSPS) is 12.6. The highest BCUT2D eigenvalue weighted by atomic mass is 16.5. The summed E-state index contributed by atoms with van der Waals surface area (Å²) in [4.78, 5) is 12.4. The highest BCUT2D eigenvalue weighted by Crippen LogP contribution is 2.37. The summed E-state index contributed by atoms with van der Waals surface area (Å²) >= 11 is 0. The number of fused-ring (bicyclic) bond motifs is 5. The predicted octanol–water partition coefficient (Wildman–Crippen LogP) is 3.32. The van der Waals surface area contributed by atoms with E-state index in [0.29, 0.717) is 0 Å². The van der Waals surface area contributed by atoms with Crippen LogP contribution in [-0.4, -0.2) is 17.6 Å². The van der Waals surface area contributed by atoms with Crippen molar-refractivity contribution < 1.29 is 9.53 Å². The molecular formula is C16H11NO2. The molecule has 0 spiro atoms. The van der Waals surface area contributed by atoms with E-state index in [0.717, 1.165) is 33.5 Å². The second-order valence-corrected chi connectivity index (χ2v) is 4.64. The Hall–Kier alpha value is -2.55. The van der Waals surface area contributed by atoms with E-state index in [-0.39, 0.29) is 5.91 Å². The number of carbonyl (C=O) groups is 1. The van der Waals surface area contributed by atoms with Crippen LogP contribution in [0.15, 0.2) is 48.5 Å². The Kier molecular flexibility index (Phi) is 1.90. The SMILES string of the molecule is COc1ccc2c(c1)cc1n2C(=O)c2ccccc2-1. The third-order valence-corrected chi connectivity index (χ3v) is 3.65. The van der Waals surface area contributed by atoms with Gasteiger partial charge in [0, 0.05) is 16.5 Å². The molecule has 3 heteroatoms. The Labute approximate surface area is 110 Å². The molecule has 0 atom stereocenters. The van der Waals surface area contributed by atoms with E-state index in [1.54, 1.807) is 11.7 Å². The van der Waals surface area contributed by atoms with Crippen molar-refractivity contribution in [3.8, 4) is 17.0 Å². The van der Waals surface area contributed by atoms with E-state index in [1.807, 2.05) is 48.5 Å². The first-order chi connectivity index (χ1) is 9.29. The maximum Gasteiger partial charge on any atom is 0.263 e. The summed E-state index contributed by atoms with van der Waals surface area (Å²) in [5, 5.41) is 1.03. The van der Waals surface area contributed by atoms with Gasteiger partial charge in [0.05, 0.1) is 18.3 Å². The fourth-order valence-corrected chi connectivity index (χ4v) is 2.75. The second-order valence-electron chi connectivity index (χ2n) is 4.64. The Morgan fingerprint density at radius 1 is 1.00 bits per heavy atom. The molecule has 0 N–H and O–H groups in total. The minimum Gasteiger partial charge on any atom is -0.497 e. The van der Waals surface area contributed by atoms with Crippen LogP contribution in [0.3, 0.4) is 0 Å². The van der Waals surface area contributed by atoms with Gasteiger partial charge >= 0.3 is 0 Å². The quantitative estimate of drug-likeness (QED) is 0.518. The van der Waals surface area contributed by atoms with Gasteiger partial charge < -0.3 is 4.74 Å². The van der Waals surface area contributed by atoms with Gasteiger partial charge in [0.25, 0.3) is 5.91 Å². The minimum absolute atomic E-state index is 0.0470. The number of benzene rings is 2. The largest absolute Gasteiger partial charge is 0.497 e. The molecule has 0 saturated carbocycles. The van der Waals surface area contributed by atoms with Crippen LogP contribution in [0.25, 0.3) is 22.2 Å². The molecule has 0 fully saturated rings. The number of aromatic nitrogens is 1. The van der Waals surface area contributed by atoms with Crippen LogP contribution in [0, 0.1) is 0 Å². The van der Waals surface area contributed by atoms with Crippen LogP contribution in [0.5, 0.6) is 5.75 Å². The number of methoxy groups -OCH3 is 1. The zero-order valence-electron chi connectivity index (χ0n) is 10.4. The average Bonchev–Trinajstić information content (AvgIpc) is 2.95. The fraction of sp³-hybridized carbons (Fsp3) is 0.0625. The number of rotatable bonds is 1. The lowest BCUT2D eigenvalue weighted by Gasteiger charge is -2.01. The Morgan fingerprint density at radius 3 is 2.58 bits per heavy atom. The lowest BCUT2D eigenvalue weighted by Crippen LogP contribution is -2.05. The van der Waals surface area contributed by atoms with Gasteiger partial charge in [-0.25, -0.2) is 0 Å². The zero-order valence-corrected chi connectivity index (χ0v) is 10.4. The van der Waals surface area contributed by atoms with Crippen LogP contribution in [0.4, 0.5) is 0 Å². The van der Waals surface area contributed by atoms with Gasteiger partial charge in [-0.1, -0.05) is 18.2 Å². The molecule has 2 aromatic carbocycles. The van der Waals surface area contributed by atoms with Crippen molar-refractivity contribution in [3.63, 3.8) is 0 Å². The molecule has 3 aromatic rings. The predicted molar refractivity (Wildman–Crippen MR) is 73.7 cm³/mol. The molecule has 0 saturated heterocycles. The van der Waals surface area contributed by atoms with Crippen LogP contribution in [-0.2, 0) is 0 Å². The van der Waals surface area contributed by atoms with E-state index < -0.39 is 0 Å². The van der Waals surface area contributed by atoms with Crippen LogP contribution in [0.2, 0.25) is 0 Å². The van der Waals surface area contributed by atoms with Crippen molar-refractivity contribution in [2.45, 2.75) is 0 Å². The summed E-state index contributed by atoms with van der Waals surface area (Å²) < 4.78 is 7.00. The Morgan fingerprint density at radius 2 is 1.79 bits per heavy atom. The maximum atomic E-state index is 12.4. The molecule has 0 radical (unpaired) electrons. The van der Waals surface area contributed by atoms with Crippen molar-refractivity contribution in [2.24, 2.45) is 0 Å². The number of ether oxygens (including phenoxy) is 1. The number of hydrogen-bond acceptors (Lipinski definition) is 2. The van der Waals surface area contributed by atoms with Crippen molar-refractivity contribution in [3.05, 3.63) is 54.1 Å². The molecule has 1 aliphatic heterocycles. The van der Waals surface area contributed by atoms with E-state index in [2.05, 4.69) is 0 Å². The number of carbonyl (C=O) groups excluding carboxylic acids is 1. The molecule has 19 heavy (non-hydrogen) atoms. The molecule has 0 amide bonds. The molecule has 0 unspecified atom stereocenters. The maximum absolute atomic E-state index is 12.4. The van der Waals surface area contributed by atoms with Gasteiger partial charge in [-0.2, -0.15) is 0 Å². The Bertz CT molecular complexity index is 830. The Balaban J connectivity index is 2.08. The first-order valence-corrected chi connectivity index (χ1v) is 6.13. The number of nitrogens with zero attached hydrogens (tertiary/aromatic N) is 1. The van der Waals surface area contributed by atoms with Gasteiger partial charge in [-0.05, 0) is 30.3 Å². The van der Waals surface area contributed by atoms with Gasteiger partial charge in [-0.15, -0.1) is 0 Å². The van der Waals surface area contributed by atoms with E-state index in [9.17, 15) is 4.79 Å². The summed E-state index contributed by atoms with van der Waals surface area (Å²) in [5.74, 6) is 0.850. The second kappa shape index (κ2) is 3.48. The van der Waals surface area contributed by atoms with Crippen molar-refractivity contribution >= 4 is 16.8 Å². The first kappa shape index (κ1) is 10.4. The van der Waals surface area contributed by atoms with Crippen molar-refractivity contribution in [2.75, 3.05) is 7.11 Å². The van der Waals surface area contributed by atoms with Crippen LogP contribution in [0.1, 0.15) is 10.4 Å². The standard InChI is InChI=1S/C16H11NO2/c1-19-11-6-7-14-10(8-11)9-15-12-4-2-3-5-13(12)16(18)17(14)15/h2-9H,1H3. The molecule has 2 heterocycles. The molecule has 1 aromatic heterocycles. The monoisotopic (exact) mass is 249 g/mol. The van der Waals surface area contributed by atoms with Gasteiger partial charge in [0.1, 0.15) is 5.75 Å². The fourth-order valence-electron chi connectivity index (χ4n) is 2.75. The summed E-state index contributed by atoms with van der Waals surface area (Å²) in [6, 6.07) is 15.5. The average molecular weight is 249 g/mol. The summed E-state index contributed by atoms with van der Waals surface area (Å²) in [6.45, 7) is 0. The third kappa shape index (κ3) is 1.24. The van der Waals surface area contributed by atoms with E-state index in [1.165, 1.54) is 0 Å². The highest BCUT2D eigenvalue weighted by Gasteiger charge is 2.27. The zero-order chi connectivity index (χ0) is 13.0. The highest BCUT2D eigenvalue weighted by molar-refractivity contribution is 6.14. The first-order valence-electron chi connectivity index (χ1n) is 6.13. The van der Waals surface area contributed by atoms with Gasteiger partial charge in [0.2, 0.25) is 0 Å². The molecule has 1 aliphatic rings. The molecule has 92 valence electrons. The lowest BCUT2D eigenvalue weighted by atomic mass is 10.1. The van der Waals surface area contributed by atoms with Crippen LogP contribution >= 0.6 is 0 Å². The van der Waals surface area contributed by atoms with Gasteiger partial charge in [0.15, 0.2) is 0 Å². The summed E-state index contributed by atoms with van der Waals surface area (Å²) in [7, 11) is 1.64. The molecular weight excluding hydrogens is 238 g/mol. The van der Waals surface area contributed by atoms with Crippen LogP contribution < -0.4 is 4.74 Å². The molecule has 0 bridgehead atoms. The minimum atomic E-state index is 0.0470. The molecule has 3 nitrogen and oxygen atoms in total. The molecule has 0 aliphatic carbocycles. The van der Waals surface area contributed by atoms with E-state index in [4.69, 9.17) is 4.74 Å². The van der Waals surface area contributed by atoms with Crippen molar-refractivity contribution in [1.82, 2.24) is 4.57 Å². The van der Waals surface area contributed by atoms with E-state index >= 15 is 0 Å². The van der Waals surface area contributed by atoms with Crippen molar-refractivity contribution in [1.29, 1.82) is 0 Å². The van der Waals surface area contributed by atoms with Gasteiger partial charge in [-0.3, -0.25) is 9.36 Å². The summed E-state index contributed by atoms with van der Waals surface area (Å²) in [5.41, 5.74) is 3.67. The lowest BCUT2D eigenvalue weighted by molar-refractivity contribution is 0.0973. The molecule has 4 rings (SSSR count). The summed E-state index contributed by atoms with van der Waals surface area (Å²) in [6.07, 6.45) is 0. The smallest absolute Gasteiger partial charge is 0.263 e. The third-order valence-electron chi connectivity index (χ3n) is 3.65.